The molecule has 1 fully saturated rings. The molecule has 0 aromatic heterocycles. The number of hydrogen-bond acceptors (Lipinski definition) is 3. The summed E-state index contributed by atoms with van der Waals surface area (Å²) in [6, 6.07) is 8.08. The van der Waals surface area contributed by atoms with Gasteiger partial charge in [0.15, 0.2) is 5.78 Å². The number of hydrogen-bond donors (Lipinski definition) is 1. The molecule has 1 heterocycles. The van der Waals surface area contributed by atoms with Gasteiger partial charge < -0.3 is 10.2 Å². The van der Waals surface area contributed by atoms with Crippen LogP contribution in [0.1, 0.15) is 44.2 Å². The Kier molecular flexibility index (Phi) is 5.31. The molecule has 0 unspecified atom stereocenters. The first-order valence-corrected chi connectivity index (χ1v) is 10.2. The van der Waals surface area contributed by atoms with Crippen LogP contribution in [0.2, 0.25) is 0 Å². The number of amides is 1. The van der Waals surface area contributed by atoms with Crippen molar-refractivity contribution in [2.45, 2.75) is 39.5 Å². The van der Waals surface area contributed by atoms with Crippen molar-refractivity contribution in [1.29, 1.82) is 0 Å². The SMILES string of the molecule is CC1=C(CCC(=O)N2CCNCC2)C(C)=C(/C=C2\C(=O)Cc3ccccc32)C1. The molecular formula is C24H28N2O2. The van der Waals surface area contributed by atoms with Crippen LogP contribution in [0.15, 0.2) is 52.6 Å². The zero-order chi connectivity index (χ0) is 19.7. The van der Waals surface area contributed by atoms with Gasteiger partial charge in [-0.2, -0.15) is 0 Å². The van der Waals surface area contributed by atoms with E-state index in [4.69, 9.17) is 0 Å². The Morgan fingerprint density at radius 3 is 2.68 bits per heavy atom. The first-order chi connectivity index (χ1) is 13.5. The molecule has 0 atom stereocenters. The number of allylic oxidation sites excluding steroid dienone is 6. The van der Waals surface area contributed by atoms with Gasteiger partial charge in [-0.05, 0) is 60.6 Å². The van der Waals surface area contributed by atoms with Crippen molar-refractivity contribution in [3.63, 3.8) is 0 Å². The topological polar surface area (TPSA) is 49.4 Å². The highest BCUT2D eigenvalue weighted by Crippen LogP contribution is 2.38. The molecule has 0 bridgehead atoms. The largest absolute Gasteiger partial charge is 0.340 e. The van der Waals surface area contributed by atoms with Gasteiger partial charge in [-0.1, -0.05) is 29.8 Å². The van der Waals surface area contributed by atoms with Crippen LogP contribution >= 0.6 is 0 Å². The second-order valence-electron chi connectivity index (χ2n) is 8.03. The van der Waals surface area contributed by atoms with Gasteiger partial charge in [-0.15, -0.1) is 0 Å². The monoisotopic (exact) mass is 376 g/mol. The van der Waals surface area contributed by atoms with Gasteiger partial charge in [0.1, 0.15) is 0 Å². The summed E-state index contributed by atoms with van der Waals surface area (Å²) in [6.45, 7) is 7.69. The molecule has 0 saturated carbocycles. The van der Waals surface area contributed by atoms with Crippen LogP contribution in [-0.4, -0.2) is 42.8 Å². The number of benzene rings is 1. The molecule has 146 valence electrons. The average molecular weight is 377 g/mol. The molecule has 1 saturated heterocycles. The fourth-order valence-electron chi connectivity index (χ4n) is 4.59. The third kappa shape index (κ3) is 3.61. The highest BCUT2D eigenvalue weighted by molar-refractivity contribution is 6.25. The van der Waals surface area contributed by atoms with Gasteiger partial charge in [0.2, 0.25) is 5.91 Å². The standard InChI is InChI=1S/C24H28N2O2/c1-16-13-19(14-22-21-6-4-3-5-18(21)15-23(22)27)17(2)20(16)7-8-24(28)26-11-9-25-10-12-26/h3-6,14,25H,7-13,15H2,1-2H3/b22-14-. The zero-order valence-electron chi connectivity index (χ0n) is 16.8. The minimum absolute atomic E-state index is 0.210. The number of nitrogens with one attached hydrogen (secondary N) is 1. The number of piperazine rings is 1. The second kappa shape index (κ2) is 7.88. The van der Waals surface area contributed by atoms with Crippen LogP contribution in [0.3, 0.4) is 0 Å². The number of rotatable bonds is 4. The summed E-state index contributed by atoms with van der Waals surface area (Å²) in [6.07, 6.45) is 4.83. The third-order valence-electron chi connectivity index (χ3n) is 6.24. The Hall–Kier alpha value is -2.46. The molecule has 3 aliphatic rings. The summed E-state index contributed by atoms with van der Waals surface area (Å²) in [5.41, 5.74) is 8.15. The molecule has 1 aliphatic heterocycles. The molecule has 1 N–H and O–H groups in total. The first-order valence-electron chi connectivity index (χ1n) is 10.2. The second-order valence-corrected chi connectivity index (χ2v) is 8.03. The Morgan fingerprint density at radius 1 is 1.14 bits per heavy atom. The minimum atomic E-state index is 0.210. The van der Waals surface area contributed by atoms with Crippen molar-refractivity contribution in [3.8, 4) is 0 Å². The molecule has 4 rings (SSSR count). The normalized spacial score (nSPS) is 21.1. The molecule has 1 aromatic rings. The molecule has 1 amide bonds. The van der Waals surface area contributed by atoms with Crippen LogP contribution in [-0.2, 0) is 16.0 Å². The van der Waals surface area contributed by atoms with Gasteiger partial charge >= 0.3 is 0 Å². The van der Waals surface area contributed by atoms with Gasteiger partial charge in [-0.25, -0.2) is 0 Å². The van der Waals surface area contributed by atoms with Crippen molar-refractivity contribution in [3.05, 3.63) is 63.8 Å². The van der Waals surface area contributed by atoms with Crippen LogP contribution < -0.4 is 5.32 Å². The van der Waals surface area contributed by atoms with Crippen molar-refractivity contribution < 1.29 is 9.59 Å². The number of nitrogens with zero attached hydrogens (tertiary/aromatic N) is 1. The number of fused-ring (bicyclic) bond motifs is 1. The highest BCUT2D eigenvalue weighted by Gasteiger charge is 2.26. The maximum atomic E-state index is 12.5. The lowest BCUT2D eigenvalue weighted by Gasteiger charge is -2.27. The zero-order valence-corrected chi connectivity index (χ0v) is 16.8. The van der Waals surface area contributed by atoms with Gasteiger partial charge in [0, 0.05) is 44.6 Å². The number of ketones is 1. The van der Waals surface area contributed by atoms with Gasteiger partial charge in [-0.3, -0.25) is 9.59 Å². The van der Waals surface area contributed by atoms with E-state index < -0.39 is 0 Å². The lowest BCUT2D eigenvalue weighted by Crippen LogP contribution is -2.46. The highest BCUT2D eigenvalue weighted by atomic mass is 16.2. The quantitative estimate of drug-likeness (QED) is 0.819. The predicted molar refractivity (Wildman–Crippen MR) is 112 cm³/mol. The van der Waals surface area contributed by atoms with Crippen molar-refractivity contribution >= 4 is 17.3 Å². The van der Waals surface area contributed by atoms with Gasteiger partial charge in [0.25, 0.3) is 0 Å². The molecule has 28 heavy (non-hydrogen) atoms. The molecule has 4 nitrogen and oxygen atoms in total. The molecule has 1 aromatic carbocycles. The minimum Gasteiger partial charge on any atom is -0.340 e. The lowest BCUT2D eigenvalue weighted by molar-refractivity contribution is -0.131. The van der Waals surface area contributed by atoms with Crippen molar-refractivity contribution in [1.82, 2.24) is 10.2 Å². The summed E-state index contributed by atoms with van der Waals surface area (Å²) in [4.78, 5) is 27.0. The summed E-state index contributed by atoms with van der Waals surface area (Å²) in [5, 5.41) is 3.29. The average Bonchev–Trinajstić information content (AvgIpc) is 3.16. The Morgan fingerprint density at radius 2 is 1.89 bits per heavy atom. The number of carbonyl (C=O) groups is 2. The van der Waals surface area contributed by atoms with E-state index in [1.807, 2.05) is 29.2 Å². The first kappa shape index (κ1) is 18.9. The molecule has 4 heteroatoms. The van der Waals surface area contributed by atoms with Crippen LogP contribution in [0.5, 0.6) is 0 Å². The number of carbonyl (C=O) groups excluding carboxylic acids is 2. The van der Waals surface area contributed by atoms with E-state index in [1.54, 1.807) is 0 Å². The van der Waals surface area contributed by atoms with Crippen LogP contribution in [0, 0.1) is 0 Å². The summed E-state index contributed by atoms with van der Waals surface area (Å²) in [7, 11) is 0. The summed E-state index contributed by atoms with van der Waals surface area (Å²) >= 11 is 0. The summed E-state index contributed by atoms with van der Waals surface area (Å²) < 4.78 is 0. The van der Waals surface area contributed by atoms with Crippen molar-refractivity contribution in [2.24, 2.45) is 0 Å². The summed E-state index contributed by atoms with van der Waals surface area (Å²) in [5.74, 6) is 0.461. The molecule has 0 radical (unpaired) electrons. The van der Waals surface area contributed by atoms with Crippen molar-refractivity contribution in [2.75, 3.05) is 26.2 Å². The fourth-order valence-corrected chi connectivity index (χ4v) is 4.59. The molecule has 0 spiro atoms. The lowest BCUT2D eigenvalue weighted by atomic mass is 9.99. The van der Waals surface area contributed by atoms with E-state index >= 15 is 0 Å². The Labute approximate surface area is 167 Å². The Balaban J connectivity index is 1.49. The van der Waals surface area contributed by atoms with Crippen LogP contribution in [0.4, 0.5) is 0 Å². The molecule has 2 aliphatic carbocycles. The van der Waals surface area contributed by atoms with E-state index in [0.29, 0.717) is 12.8 Å². The predicted octanol–water partition coefficient (Wildman–Crippen LogP) is 3.44. The number of Topliss-reactive ketones (excluding diaryl/α,β-unsaturated/α-hetero) is 1. The maximum absolute atomic E-state index is 12.5. The van der Waals surface area contributed by atoms with E-state index in [-0.39, 0.29) is 11.7 Å². The third-order valence-corrected chi connectivity index (χ3v) is 6.24. The smallest absolute Gasteiger partial charge is 0.222 e. The van der Waals surface area contributed by atoms with E-state index in [1.165, 1.54) is 22.3 Å². The van der Waals surface area contributed by atoms with Gasteiger partial charge in [0.05, 0.1) is 0 Å². The van der Waals surface area contributed by atoms with E-state index in [0.717, 1.165) is 55.7 Å². The Bertz CT molecular complexity index is 914. The maximum Gasteiger partial charge on any atom is 0.222 e. The fraction of sp³-hybridized carbons (Fsp3) is 0.417. The molecular weight excluding hydrogens is 348 g/mol. The van der Waals surface area contributed by atoms with E-state index in [2.05, 4.69) is 25.2 Å². The van der Waals surface area contributed by atoms with E-state index in [9.17, 15) is 9.59 Å². The van der Waals surface area contributed by atoms with Crippen LogP contribution in [0.25, 0.3) is 5.57 Å².